The molecular formula is C8H9N3O2. The van der Waals surface area contributed by atoms with Gasteiger partial charge in [0.2, 0.25) is 0 Å². The third-order valence-corrected chi connectivity index (χ3v) is 1.76. The highest BCUT2D eigenvalue weighted by atomic mass is 16.5. The fourth-order valence-corrected chi connectivity index (χ4v) is 1.13. The lowest BCUT2D eigenvalue weighted by atomic mass is 10.4. The fourth-order valence-electron chi connectivity index (χ4n) is 1.13. The van der Waals surface area contributed by atoms with E-state index >= 15 is 0 Å². The Morgan fingerprint density at radius 1 is 1.46 bits per heavy atom. The van der Waals surface area contributed by atoms with Crippen LogP contribution in [0.5, 0.6) is 0 Å². The molecule has 0 saturated carbocycles. The minimum absolute atomic E-state index is 0.0683. The van der Waals surface area contributed by atoms with Gasteiger partial charge in [0.25, 0.3) is 0 Å². The summed E-state index contributed by atoms with van der Waals surface area (Å²) in [5, 5.41) is 12.5. The molecular weight excluding hydrogens is 170 g/mol. The Balaban J connectivity index is 2.18. The van der Waals surface area contributed by atoms with E-state index in [-0.39, 0.29) is 6.61 Å². The average molecular weight is 179 g/mol. The number of aromatic nitrogens is 3. The monoisotopic (exact) mass is 179 g/mol. The van der Waals surface area contributed by atoms with Crippen molar-refractivity contribution < 1.29 is 9.63 Å². The molecule has 2 aromatic heterocycles. The van der Waals surface area contributed by atoms with Gasteiger partial charge >= 0.3 is 0 Å². The molecule has 0 bridgehead atoms. The van der Waals surface area contributed by atoms with Crippen LogP contribution in [0.2, 0.25) is 0 Å². The van der Waals surface area contributed by atoms with Crippen LogP contribution in [0.15, 0.2) is 29.2 Å². The lowest BCUT2D eigenvalue weighted by Gasteiger charge is -2.01. The first-order valence-corrected chi connectivity index (χ1v) is 3.90. The summed E-state index contributed by atoms with van der Waals surface area (Å²) in [7, 11) is 0. The number of rotatable bonds is 3. The van der Waals surface area contributed by atoms with E-state index in [1.165, 1.54) is 0 Å². The maximum atomic E-state index is 8.91. The quantitative estimate of drug-likeness (QED) is 0.741. The Hall–Kier alpha value is -1.62. The highest BCUT2D eigenvalue weighted by molar-refractivity contribution is 4.99. The maximum absolute atomic E-state index is 8.91. The van der Waals surface area contributed by atoms with E-state index in [1.807, 2.05) is 0 Å². The molecule has 0 unspecified atom stereocenters. The van der Waals surface area contributed by atoms with Gasteiger partial charge in [0.05, 0.1) is 12.7 Å². The molecule has 0 atom stereocenters. The first kappa shape index (κ1) is 8.00. The van der Waals surface area contributed by atoms with E-state index < -0.39 is 0 Å². The predicted molar refractivity (Wildman–Crippen MR) is 43.8 cm³/mol. The van der Waals surface area contributed by atoms with E-state index in [0.717, 1.165) is 5.76 Å². The molecule has 1 N–H and O–H groups in total. The minimum atomic E-state index is -0.0683. The smallest absolute Gasteiger partial charge is 0.156 e. The Labute approximate surface area is 74.6 Å². The number of hydrogen-bond donors (Lipinski definition) is 1. The van der Waals surface area contributed by atoms with Gasteiger partial charge in [-0.2, -0.15) is 0 Å². The number of nitrogens with zero attached hydrogens (tertiary/aromatic N) is 3. The standard InChI is InChI=1S/C8H9N3O2/c12-6-8-9-3-4-11(8)5-7-1-2-10-13-7/h1-4,12H,5-6H2. The summed E-state index contributed by atoms with van der Waals surface area (Å²) in [4.78, 5) is 3.97. The molecule has 2 heterocycles. The van der Waals surface area contributed by atoms with Gasteiger partial charge in [-0.15, -0.1) is 0 Å². The largest absolute Gasteiger partial charge is 0.388 e. The molecule has 0 aliphatic heterocycles. The highest BCUT2D eigenvalue weighted by Gasteiger charge is 2.03. The Kier molecular flexibility index (Phi) is 2.09. The van der Waals surface area contributed by atoms with Gasteiger partial charge in [0.15, 0.2) is 5.76 Å². The van der Waals surface area contributed by atoms with Crippen LogP contribution < -0.4 is 0 Å². The summed E-state index contributed by atoms with van der Waals surface area (Å²) in [5.41, 5.74) is 0. The zero-order valence-electron chi connectivity index (χ0n) is 6.92. The summed E-state index contributed by atoms with van der Waals surface area (Å²) < 4.78 is 6.73. The van der Waals surface area contributed by atoms with Crippen molar-refractivity contribution in [2.45, 2.75) is 13.2 Å². The summed E-state index contributed by atoms with van der Waals surface area (Å²) in [6.07, 6.45) is 5.01. The average Bonchev–Trinajstić information content (AvgIpc) is 2.76. The lowest BCUT2D eigenvalue weighted by Crippen LogP contribution is -2.03. The Morgan fingerprint density at radius 3 is 3.08 bits per heavy atom. The van der Waals surface area contributed by atoms with Crippen molar-refractivity contribution in [3.8, 4) is 0 Å². The van der Waals surface area contributed by atoms with Crippen LogP contribution in [0.3, 0.4) is 0 Å². The van der Waals surface area contributed by atoms with Crippen molar-refractivity contribution in [2.24, 2.45) is 0 Å². The van der Waals surface area contributed by atoms with E-state index in [2.05, 4.69) is 10.1 Å². The Morgan fingerprint density at radius 2 is 2.38 bits per heavy atom. The molecule has 2 rings (SSSR count). The third-order valence-electron chi connectivity index (χ3n) is 1.76. The van der Waals surface area contributed by atoms with Crippen molar-refractivity contribution in [1.82, 2.24) is 14.7 Å². The van der Waals surface area contributed by atoms with E-state index in [9.17, 15) is 0 Å². The van der Waals surface area contributed by atoms with Gasteiger partial charge < -0.3 is 14.2 Å². The fraction of sp³-hybridized carbons (Fsp3) is 0.250. The molecule has 13 heavy (non-hydrogen) atoms. The second-order valence-corrected chi connectivity index (χ2v) is 2.61. The van der Waals surface area contributed by atoms with Gasteiger partial charge in [0.1, 0.15) is 12.4 Å². The molecule has 0 saturated heterocycles. The van der Waals surface area contributed by atoms with Gasteiger partial charge in [-0.05, 0) is 0 Å². The van der Waals surface area contributed by atoms with E-state index in [4.69, 9.17) is 9.63 Å². The molecule has 0 aliphatic carbocycles. The normalized spacial score (nSPS) is 10.5. The third kappa shape index (κ3) is 1.59. The molecule has 0 fully saturated rings. The number of hydrogen-bond acceptors (Lipinski definition) is 4. The van der Waals surface area contributed by atoms with Gasteiger partial charge in [0, 0.05) is 18.5 Å². The molecule has 5 heteroatoms. The Bertz CT molecular complexity index is 366. The number of aliphatic hydroxyl groups is 1. The van der Waals surface area contributed by atoms with Crippen molar-refractivity contribution in [3.05, 3.63) is 36.2 Å². The minimum Gasteiger partial charge on any atom is -0.388 e. The maximum Gasteiger partial charge on any atom is 0.156 e. The predicted octanol–water partition coefficient (Wildman–Crippen LogP) is 0.412. The van der Waals surface area contributed by atoms with Crippen molar-refractivity contribution in [2.75, 3.05) is 0 Å². The molecule has 0 amide bonds. The second-order valence-electron chi connectivity index (χ2n) is 2.61. The van der Waals surface area contributed by atoms with Crippen LogP contribution in [-0.2, 0) is 13.2 Å². The zero-order valence-corrected chi connectivity index (χ0v) is 6.92. The molecule has 0 spiro atoms. The summed E-state index contributed by atoms with van der Waals surface area (Å²) in [6.45, 7) is 0.483. The van der Waals surface area contributed by atoms with Crippen LogP contribution in [-0.4, -0.2) is 19.8 Å². The van der Waals surface area contributed by atoms with E-state index in [0.29, 0.717) is 12.4 Å². The SMILES string of the molecule is OCc1nccn1Cc1ccno1. The van der Waals surface area contributed by atoms with Crippen LogP contribution >= 0.6 is 0 Å². The van der Waals surface area contributed by atoms with Gasteiger partial charge in [-0.25, -0.2) is 4.98 Å². The number of imidazole rings is 1. The van der Waals surface area contributed by atoms with E-state index in [1.54, 1.807) is 29.2 Å². The van der Waals surface area contributed by atoms with Crippen molar-refractivity contribution in [3.63, 3.8) is 0 Å². The van der Waals surface area contributed by atoms with Gasteiger partial charge in [-0.3, -0.25) is 0 Å². The van der Waals surface area contributed by atoms with Crippen LogP contribution in [0.1, 0.15) is 11.6 Å². The van der Waals surface area contributed by atoms with Crippen LogP contribution in [0.4, 0.5) is 0 Å². The lowest BCUT2D eigenvalue weighted by molar-refractivity contribution is 0.264. The first-order chi connectivity index (χ1) is 6.40. The van der Waals surface area contributed by atoms with Crippen molar-refractivity contribution in [1.29, 1.82) is 0 Å². The molecule has 0 aliphatic rings. The topological polar surface area (TPSA) is 64.1 Å². The molecule has 0 radical (unpaired) electrons. The first-order valence-electron chi connectivity index (χ1n) is 3.90. The number of aliphatic hydroxyl groups excluding tert-OH is 1. The van der Waals surface area contributed by atoms with Gasteiger partial charge in [-0.1, -0.05) is 5.16 Å². The zero-order chi connectivity index (χ0) is 9.10. The second kappa shape index (κ2) is 3.40. The van der Waals surface area contributed by atoms with Crippen LogP contribution in [0, 0.1) is 0 Å². The summed E-state index contributed by atoms with van der Waals surface area (Å²) in [5.74, 6) is 1.36. The molecule has 68 valence electrons. The summed E-state index contributed by atoms with van der Waals surface area (Å²) >= 11 is 0. The molecule has 5 nitrogen and oxygen atoms in total. The summed E-state index contributed by atoms with van der Waals surface area (Å²) in [6, 6.07) is 1.78. The molecule has 0 aromatic carbocycles. The highest BCUT2D eigenvalue weighted by Crippen LogP contribution is 2.04. The van der Waals surface area contributed by atoms with Crippen molar-refractivity contribution >= 4 is 0 Å². The van der Waals surface area contributed by atoms with Crippen LogP contribution in [0.25, 0.3) is 0 Å². The molecule has 2 aromatic rings.